The first kappa shape index (κ1) is 16.1. The molecular formula is C19H28ClN5. The molecule has 1 aromatic rings. The molecule has 0 amide bonds. The molecule has 6 heteroatoms. The quantitative estimate of drug-likeness (QED) is 0.802. The third-order valence-corrected chi connectivity index (χ3v) is 7.17. The molecule has 4 saturated heterocycles. The Labute approximate surface area is 155 Å². The van der Waals surface area contributed by atoms with E-state index in [0.29, 0.717) is 5.28 Å². The molecule has 0 atom stereocenters. The largest absolute Gasteiger partial charge is 0.340 e. The highest BCUT2D eigenvalue weighted by molar-refractivity contribution is 6.28. The van der Waals surface area contributed by atoms with Gasteiger partial charge >= 0.3 is 0 Å². The predicted molar refractivity (Wildman–Crippen MR) is 100 cm³/mol. The lowest BCUT2D eigenvalue weighted by Gasteiger charge is -2.26. The normalized spacial score (nSPS) is 34.9. The van der Waals surface area contributed by atoms with Crippen LogP contribution in [0.15, 0.2) is 0 Å². The van der Waals surface area contributed by atoms with Crippen LogP contribution in [-0.2, 0) is 0 Å². The lowest BCUT2D eigenvalue weighted by Crippen LogP contribution is -2.33. The molecule has 0 aromatic carbocycles. The standard InChI is InChI=1S/C19H28ClN5/c20-17-21-18(24-9-13-1-2-14(10-24)4-3-13)23-19(22-17)25-11-15-5-6-16(12-25)8-7-15/h13-16H,1-12H2. The molecule has 0 radical (unpaired) electrons. The van der Waals surface area contributed by atoms with Crippen LogP contribution in [0.1, 0.15) is 51.4 Å². The number of halogens is 1. The van der Waals surface area contributed by atoms with Gasteiger partial charge in [0.25, 0.3) is 0 Å². The maximum absolute atomic E-state index is 6.33. The molecule has 7 rings (SSSR count). The van der Waals surface area contributed by atoms with Crippen molar-refractivity contribution in [2.24, 2.45) is 23.7 Å². The SMILES string of the molecule is Clc1nc(N2CC3CCC(CC3)C2)nc(N2CC3CCC(CC3)C2)n1. The number of anilines is 2. The minimum absolute atomic E-state index is 0.355. The topological polar surface area (TPSA) is 45.2 Å². The average Bonchev–Trinajstić information content (AvgIpc) is 3.12. The van der Waals surface area contributed by atoms with Gasteiger partial charge in [-0.25, -0.2) is 0 Å². The lowest BCUT2D eigenvalue weighted by molar-refractivity contribution is 0.326. The molecule has 2 saturated carbocycles. The van der Waals surface area contributed by atoms with Crippen molar-refractivity contribution in [3.05, 3.63) is 5.28 Å². The third kappa shape index (κ3) is 3.32. The first-order valence-corrected chi connectivity index (χ1v) is 10.5. The van der Waals surface area contributed by atoms with Crippen LogP contribution in [0.5, 0.6) is 0 Å². The molecule has 5 nitrogen and oxygen atoms in total. The minimum Gasteiger partial charge on any atom is -0.340 e. The van der Waals surface area contributed by atoms with E-state index in [1.807, 2.05) is 0 Å². The molecule has 25 heavy (non-hydrogen) atoms. The molecular weight excluding hydrogens is 334 g/mol. The number of rotatable bonds is 2. The molecule has 1 aromatic heterocycles. The molecule has 0 spiro atoms. The molecule has 4 aliphatic heterocycles. The Morgan fingerprint density at radius 1 is 0.560 bits per heavy atom. The number of hydrogen-bond acceptors (Lipinski definition) is 5. The van der Waals surface area contributed by atoms with Gasteiger partial charge in [0.1, 0.15) is 0 Å². The summed E-state index contributed by atoms with van der Waals surface area (Å²) >= 11 is 6.33. The summed E-state index contributed by atoms with van der Waals surface area (Å²) in [4.78, 5) is 18.7. The molecule has 0 N–H and O–H groups in total. The predicted octanol–water partition coefficient (Wildman–Crippen LogP) is 3.78. The van der Waals surface area contributed by atoms with E-state index in [4.69, 9.17) is 16.6 Å². The Morgan fingerprint density at radius 3 is 1.20 bits per heavy atom. The van der Waals surface area contributed by atoms with Crippen molar-refractivity contribution >= 4 is 23.5 Å². The van der Waals surface area contributed by atoms with Crippen LogP contribution in [-0.4, -0.2) is 41.1 Å². The fourth-order valence-corrected chi connectivity index (χ4v) is 5.68. The van der Waals surface area contributed by atoms with Crippen molar-refractivity contribution in [2.75, 3.05) is 36.0 Å². The monoisotopic (exact) mass is 361 g/mol. The van der Waals surface area contributed by atoms with Crippen molar-refractivity contribution in [3.63, 3.8) is 0 Å². The van der Waals surface area contributed by atoms with E-state index in [1.54, 1.807) is 0 Å². The van der Waals surface area contributed by atoms with Gasteiger partial charge in [0.15, 0.2) is 0 Å². The summed E-state index contributed by atoms with van der Waals surface area (Å²) in [6.07, 6.45) is 10.9. The molecule has 2 aliphatic carbocycles. The third-order valence-electron chi connectivity index (χ3n) is 7.00. The zero-order valence-corrected chi connectivity index (χ0v) is 15.7. The smallest absolute Gasteiger partial charge is 0.231 e. The highest BCUT2D eigenvalue weighted by atomic mass is 35.5. The Hall–Kier alpha value is -1.10. The summed E-state index contributed by atoms with van der Waals surface area (Å²) in [6.45, 7) is 4.34. The lowest BCUT2D eigenvalue weighted by atomic mass is 9.84. The Kier molecular flexibility index (Phi) is 4.23. The highest BCUT2D eigenvalue weighted by Gasteiger charge is 2.33. The zero-order valence-electron chi connectivity index (χ0n) is 14.9. The van der Waals surface area contributed by atoms with Crippen molar-refractivity contribution in [2.45, 2.75) is 51.4 Å². The minimum atomic E-state index is 0.355. The second kappa shape index (κ2) is 6.57. The first-order valence-electron chi connectivity index (χ1n) is 10.1. The van der Waals surface area contributed by atoms with Crippen molar-refractivity contribution < 1.29 is 0 Å². The van der Waals surface area contributed by atoms with E-state index in [1.165, 1.54) is 51.4 Å². The van der Waals surface area contributed by atoms with Gasteiger partial charge in [-0.05, 0) is 86.6 Å². The number of hydrogen-bond donors (Lipinski definition) is 0. The fraction of sp³-hybridized carbons (Fsp3) is 0.842. The van der Waals surface area contributed by atoms with E-state index in [-0.39, 0.29) is 0 Å². The second-order valence-electron chi connectivity index (χ2n) is 8.79. The van der Waals surface area contributed by atoms with Gasteiger partial charge in [0, 0.05) is 26.2 Å². The van der Waals surface area contributed by atoms with Crippen molar-refractivity contribution in [3.8, 4) is 0 Å². The molecule has 6 aliphatic rings. The van der Waals surface area contributed by atoms with E-state index in [2.05, 4.69) is 19.8 Å². The summed E-state index contributed by atoms with van der Waals surface area (Å²) in [6, 6.07) is 0. The molecule has 136 valence electrons. The van der Waals surface area contributed by atoms with Gasteiger partial charge in [-0.3, -0.25) is 0 Å². The van der Waals surface area contributed by atoms with Crippen LogP contribution in [0.4, 0.5) is 11.9 Å². The maximum Gasteiger partial charge on any atom is 0.231 e. The average molecular weight is 362 g/mol. The van der Waals surface area contributed by atoms with Crippen LogP contribution >= 0.6 is 11.6 Å². The maximum atomic E-state index is 6.33. The van der Waals surface area contributed by atoms with Crippen LogP contribution < -0.4 is 9.80 Å². The van der Waals surface area contributed by atoms with Crippen LogP contribution in [0, 0.1) is 23.7 Å². The van der Waals surface area contributed by atoms with Gasteiger partial charge in [0.05, 0.1) is 0 Å². The molecule has 4 bridgehead atoms. The number of fused-ring (bicyclic) bond motifs is 8. The number of nitrogens with zero attached hydrogens (tertiary/aromatic N) is 5. The Balaban J connectivity index is 1.42. The molecule has 0 unspecified atom stereocenters. The second-order valence-corrected chi connectivity index (χ2v) is 9.13. The molecule has 6 fully saturated rings. The highest BCUT2D eigenvalue weighted by Crippen LogP contribution is 2.37. The summed E-state index contributed by atoms with van der Waals surface area (Å²) in [7, 11) is 0. The first-order chi connectivity index (χ1) is 12.2. The zero-order chi connectivity index (χ0) is 16.8. The van der Waals surface area contributed by atoms with Crippen LogP contribution in [0.25, 0.3) is 0 Å². The Morgan fingerprint density at radius 2 is 0.880 bits per heavy atom. The van der Waals surface area contributed by atoms with E-state index in [0.717, 1.165) is 61.7 Å². The van der Waals surface area contributed by atoms with E-state index < -0.39 is 0 Å². The van der Waals surface area contributed by atoms with Gasteiger partial charge in [0.2, 0.25) is 17.2 Å². The van der Waals surface area contributed by atoms with Gasteiger partial charge < -0.3 is 9.80 Å². The van der Waals surface area contributed by atoms with Crippen molar-refractivity contribution in [1.82, 2.24) is 15.0 Å². The summed E-state index contributed by atoms with van der Waals surface area (Å²) in [5.41, 5.74) is 0. The molecule has 5 heterocycles. The summed E-state index contributed by atoms with van der Waals surface area (Å²) in [5.74, 6) is 4.81. The van der Waals surface area contributed by atoms with Crippen molar-refractivity contribution in [1.29, 1.82) is 0 Å². The van der Waals surface area contributed by atoms with Crippen LogP contribution in [0.2, 0.25) is 5.28 Å². The van der Waals surface area contributed by atoms with E-state index >= 15 is 0 Å². The van der Waals surface area contributed by atoms with Gasteiger partial charge in [-0.15, -0.1) is 0 Å². The number of aromatic nitrogens is 3. The van der Waals surface area contributed by atoms with E-state index in [9.17, 15) is 0 Å². The summed E-state index contributed by atoms with van der Waals surface area (Å²) < 4.78 is 0. The van der Waals surface area contributed by atoms with Gasteiger partial charge in [-0.1, -0.05) is 0 Å². The summed E-state index contributed by atoms with van der Waals surface area (Å²) in [5, 5.41) is 0.355. The van der Waals surface area contributed by atoms with Gasteiger partial charge in [-0.2, -0.15) is 15.0 Å². The Bertz CT molecular complexity index is 544. The fourth-order valence-electron chi connectivity index (χ4n) is 5.53. The van der Waals surface area contributed by atoms with Crippen LogP contribution in [0.3, 0.4) is 0 Å².